The molecule has 2 rings (SSSR count). The molecule has 1 fully saturated rings. The molecular formula is C14H21FN2O. The fraction of sp³-hybridized carbons (Fsp3) is 0.571. The first-order chi connectivity index (χ1) is 8.61. The first-order valence-corrected chi connectivity index (χ1v) is 6.40. The minimum Gasteiger partial charge on any atom is -0.384 e. The largest absolute Gasteiger partial charge is 0.384 e. The maximum atomic E-state index is 13.3. The molecule has 1 saturated heterocycles. The minimum absolute atomic E-state index is 0.155. The van der Waals surface area contributed by atoms with Gasteiger partial charge in [-0.3, -0.25) is 0 Å². The van der Waals surface area contributed by atoms with Crippen LogP contribution in [0.1, 0.15) is 24.9 Å². The molecule has 2 atom stereocenters. The molecule has 1 heterocycles. The molecule has 100 valence electrons. The lowest BCUT2D eigenvalue weighted by atomic mass is 10.1. The van der Waals surface area contributed by atoms with E-state index in [1.165, 1.54) is 6.07 Å². The molecule has 2 N–H and O–H groups in total. The summed E-state index contributed by atoms with van der Waals surface area (Å²) in [4.78, 5) is 2.28. The average molecular weight is 252 g/mol. The summed E-state index contributed by atoms with van der Waals surface area (Å²) < 4.78 is 18.5. The van der Waals surface area contributed by atoms with Gasteiger partial charge in [-0.05, 0) is 37.1 Å². The summed E-state index contributed by atoms with van der Waals surface area (Å²) >= 11 is 0. The average Bonchev–Trinajstić information content (AvgIpc) is 2.78. The fourth-order valence-corrected chi connectivity index (χ4v) is 2.60. The molecule has 4 heteroatoms. The van der Waals surface area contributed by atoms with Gasteiger partial charge >= 0.3 is 0 Å². The van der Waals surface area contributed by atoms with E-state index < -0.39 is 0 Å². The lowest BCUT2D eigenvalue weighted by molar-refractivity contribution is 0.161. The van der Waals surface area contributed by atoms with Gasteiger partial charge in [-0.15, -0.1) is 0 Å². The van der Waals surface area contributed by atoms with Crippen molar-refractivity contribution in [2.24, 2.45) is 11.7 Å². The molecular weight excluding hydrogens is 231 g/mol. The smallest absolute Gasteiger partial charge is 0.123 e. The number of nitrogens with zero attached hydrogens (tertiary/aromatic N) is 1. The van der Waals surface area contributed by atoms with Crippen molar-refractivity contribution in [3.8, 4) is 0 Å². The monoisotopic (exact) mass is 252 g/mol. The molecule has 0 bridgehead atoms. The van der Waals surface area contributed by atoms with E-state index in [2.05, 4.69) is 4.90 Å². The van der Waals surface area contributed by atoms with E-state index >= 15 is 0 Å². The Morgan fingerprint density at radius 2 is 2.33 bits per heavy atom. The van der Waals surface area contributed by atoms with E-state index in [1.54, 1.807) is 13.2 Å². The quantitative estimate of drug-likeness (QED) is 0.893. The van der Waals surface area contributed by atoms with Gasteiger partial charge in [0.15, 0.2) is 0 Å². The minimum atomic E-state index is -0.223. The molecule has 0 aliphatic carbocycles. The van der Waals surface area contributed by atoms with E-state index in [0.29, 0.717) is 5.92 Å². The third kappa shape index (κ3) is 2.82. The van der Waals surface area contributed by atoms with Crippen molar-refractivity contribution in [2.75, 3.05) is 31.7 Å². The van der Waals surface area contributed by atoms with Crippen LogP contribution in [0.4, 0.5) is 10.1 Å². The normalized spacial score (nSPS) is 21.3. The zero-order valence-electron chi connectivity index (χ0n) is 11.0. The number of anilines is 1. The van der Waals surface area contributed by atoms with Gasteiger partial charge in [-0.25, -0.2) is 4.39 Å². The summed E-state index contributed by atoms with van der Waals surface area (Å²) in [6.45, 7) is 4.62. The van der Waals surface area contributed by atoms with E-state index in [0.717, 1.165) is 37.4 Å². The van der Waals surface area contributed by atoms with E-state index in [9.17, 15) is 4.39 Å². The van der Waals surface area contributed by atoms with Crippen LogP contribution in [0.3, 0.4) is 0 Å². The van der Waals surface area contributed by atoms with Crippen LogP contribution in [-0.2, 0) is 4.74 Å². The van der Waals surface area contributed by atoms with Gasteiger partial charge in [-0.2, -0.15) is 0 Å². The van der Waals surface area contributed by atoms with E-state index in [-0.39, 0.29) is 11.9 Å². The highest BCUT2D eigenvalue weighted by Gasteiger charge is 2.24. The van der Waals surface area contributed by atoms with Crippen molar-refractivity contribution in [1.29, 1.82) is 0 Å². The summed E-state index contributed by atoms with van der Waals surface area (Å²) in [5, 5.41) is 0. The molecule has 1 aromatic rings. The predicted octanol–water partition coefficient (Wildman–Crippen LogP) is 2.32. The van der Waals surface area contributed by atoms with Crippen LogP contribution in [0.15, 0.2) is 18.2 Å². The van der Waals surface area contributed by atoms with Gasteiger partial charge in [0.25, 0.3) is 0 Å². The number of halogens is 1. The summed E-state index contributed by atoms with van der Waals surface area (Å²) in [6.07, 6.45) is 1.11. The van der Waals surface area contributed by atoms with Crippen LogP contribution in [-0.4, -0.2) is 26.8 Å². The molecule has 0 saturated carbocycles. The van der Waals surface area contributed by atoms with Crippen LogP contribution >= 0.6 is 0 Å². The van der Waals surface area contributed by atoms with E-state index in [1.807, 2.05) is 13.0 Å². The van der Waals surface area contributed by atoms with Gasteiger partial charge in [0.1, 0.15) is 5.82 Å². The number of ether oxygens (including phenoxy) is 1. The third-order valence-corrected chi connectivity index (χ3v) is 3.51. The van der Waals surface area contributed by atoms with Gasteiger partial charge in [0.05, 0.1) is 6.61 Å². The molecule has 0 radical (unpaired) electrons. The summed E-state index contributed by atoms with van der Waals surface area (Å²) in [5.41, 5.74) is 7.87. The Morgan fingerprint density at radius 1 is 1.56 bits per heavy atom. The standard InChI is InChI=1S/C14H21FN2O/c1-10(16)13-7-12(15)3-4-14(13)17-6-5-11(8-17)9-18-2/h3-4,7,10-11H,5-6,8-9,16H2,1-2H3/t10-,11?/m1/s1. The Balaban J connectivity index is 2.18. The summed E-state index contributed by atoms with van der Waals surface area (Å²) in [5.74, 6) is 0.333. The highest BCUT2D eigenvalue weighted by molar-refractivity contribution is 5.55. The Bertz CT molecular complexity index is 409. The number of hydrogen-bond acceptors (Lipinski definition) is 3. The molecule has 0 spiro atoms. The third-order valence-electron chi connectivity index (χ3n) is 3.51. The van der Waals surface area contributed by atoms with Gasteiger partial charge < -0.3 is 15.4 Å². The van der Waals surface area contributed by atoms with Crippen LogP contribution in [0, 0.1) is 11.7 Å². The number of methoxy groups -OCH3 is 1. The Morgan fingerprint density at radius 3 is 3.00 bits per heavy atom. The second-order valence-electron chi connectivity index (χ2n) is 5.05. The number of rotatable bonds is 4. The zero-order valence-corrected chi connectivity index (χ0v) is 11.0. The molecule has 1 aliphatic rings. The van der Waals surface area contributed by atoms with Gasteiger partial charge in [-0.1, -0.05) is 0 Å². The van der Waals surface area contributed by atoms with Crippen molar-refractivity contribution in [3.63, 3.8) is 0 Å². The zero-order chi connectivity index (χ0) is 13.1. The molecule has 1 unspecified atom stereocenters. The molecule has 1 aliphatic heterocycles. The van der Waals surface area contributed by atoms with Gasteiger partial charge in [0.2, 0.25) is 0 Å². The number of hydrogen-bond donors (Lipinski definition) is 1. The Labute approximate surface area is 108 Å². The van der Waals surface area contributed by atoms with Crippen molar-refractivity contribution < 1.29 is 9.13 Å². The predicted molar refractivity (Wildman–Crippen MR) is 71.2 cm³/mol. The first-order valence-electron chi connectivity index (χ1n) is 6.40. The maximum absolute atomic E-state index is 13.3. The molecule has 18 heavy (non-hydrogen) atoms. The fourth-order valence-electron chi connectivity index (χ4n) is 2.60. The van der Waals surface area contributed by atoms with Crippen LogP contribution in [0.5, 0.6) is 0 Å². The SMILES string of the molecule is COCC1CCN(c2ccc(F)cc2[C@@H](C)N)C1. The molecule has 1 aromatic carbocycles. The Kier molecular flexibility index (Phi) is 4.19. The lowest BCUT2D eigenvalue weighted by Gasteiger charge is -2.23. The van der Waals surface area contributed by atoms with Crippen molar-refractivity contribution in [3.05, 3.63) is 29.6 Å². The molecule has 0 amide bonds. The maximum Gasteiger partial charge on any atom is 0.123 e. The highest BCUT2D eigenvalue weighted by Crippen LogP contribution is 2.30. The van der Waals surface area contributed by atoms with Crippen molar-refractivity contribution >= 4 is 5.69 Å². The van der Waals surface area contributed by atoms with Crippen LogP contribution < -0.4 is 10.6 Å². The van der Waals surface area contributed by atoms with Crippen LogP contribution in [0.2, 0.25) is 0 Å². The van der Waals surface area contributed by atoms with Crippen molar-refractivity contribution in [1.82, 2.24) is 0 Å². The van der Waals surface area contributed by atoms with Crippen LogP contribution in [0.25, 0.3) is 0 Å². The first kappa shape index (κ1) is 13.3. The Hall–Kier alpha value is -1.13. The molecule has 0 aromatic heterocycles. The second-order valence-corrected chi connectivity index (χ2v) is 5.05. The number of benzene rings is 1. The number of nitrogens with two attached hydrogens (primary N) is 1. The highest BCUT2D eigenvalue weighted by atomic mass is 19.1. The van der Waals surface area contributed by atoms with E-state index in [4.69, 9.17) is 10.5 Å². The molecule has 3 nitrogen and oxygen atoms in total. The van der Waals surface area contributed by atoms with Gasteiger partial charge in [0, 0.05) is 37.8 Å². The summed E-state index contributed by atoms with van der Waals surface area (Å²) in [6, 6.07) is 4.73. The second kappa shape index (κ2) is 5.67. The lowest BCUT2D eigenvalue weighted by Crippen LogP contribution is -2.23. The topological polar surface area (TPSA) is 38.5 Å². The van der Waals surface area contributed by atoms with Crippen molar-refractivity contribution in [2.45, 2.75) is 19.4 Å². The summed E-state index contributed by atoms with van der Waals surface area (Å²) in [7, 11) is 1.73.